The number of fused-ring (bicyclic) bond motifs is 10. The number of allylic oxidation sites excluding steroid dienone is 1. The Morgan fingerprint density at radius 1 is 0.431 bits per heavy atom. The van der Waals surface area contributed by atoms with Crippen molar-refractivity contribution in [3.8, 4) is 34.2 Å². The number of nitrogens with zero attached hydrogens (tertiary/aromatic N) is 4. The van der Waals surface area contributed by atoms with Crippen LogP contribution in [0.5, 0.6) is 0 Å². The number of benzene rings is 6. The van der Waals surface area contributed by atoms with E-state index in [9.17, 15) is 0 Å². The Balaban J connectivity index is 1.05. The molecule has 6 aromatic carbocycles. The molecule has 0 spiro atoms. The Kier molecular flexibility index (Phi) is 6.96. The van der Waals surface area contributed by atoms with Crippen molar-refractivity contribution in [1.29, 1.82) is 0 Å². The first-order valence-electron chi connectivity index (χ1n) is 19.6. The Labute approximate surface area is 332 Å². The predicted octanol–water partition coefficient (Wildman–Crippen LogP) is 14.0. The molecule has 0 atom stereocenters. The van der Waals surface area contributed by atoms with E-state index < -0.39 is 0 Å². The summed E-state index contributed by atoms with van der Waals surface area (Å²) in [6.07, 6.45) is 4.29. The van der Waals surface area contributed by atoms with Crippen LogP contribution in [0.1, 0.15) is 18.2 Å². The topological polar surface area (TPSA) is 61.9 Å². The molecule has 0 saturated heterocycles. The minimum absolute atomic E-state index is 0.852. The van der Waals surface area contributed by atoms with Crippen LogP contribution in [0.3, 0.4) is 0 Å². The maximum absolute atomic E-state index is 6.14. The summed E-state index contributed by atoms with van der Waals surface area (Å²) in [6, 6.07) is 54.9. The van der Waals surface area contributed by atoms with Crippen LogP contribution < -0.4 is 0 Å². The normalized spacial score (nSPS) is 12.2. The summed E-state index contributed by atoms with van der Waals surface area (Å²) in [5.41, 5.74) is 12.9. The lowest BCUT2D eigenvalue weighted by Crippen LogP contribution is -2.02. The number of hydrogen-bond acceptors (Lipinski definition) is 4. The summed E-state index contributed by atoms with van der Waals surface area (Å²) in [7, 11) is 0. The third-order valence-electron chi connectivity index (χ3n) is 11.7. The van der Waals surface area contributed by atoms with Crippen LogP contribution >= 0.6 is 0 Å². The second kappa shape index (κ2) is 12.4. The molecule has 0 aliphatic heterocycles. The van der Waals surface area contributed by atoms with Gasteiger partial charge in [0.05, 0.1) is 33.6 Å². The Bertz CT molecular complexity index is 3670. The van der Waals surface area contributed by atoms with Gasteiger partial charge in [-0.2, -0.15) is 0 Å². The van der Waals surface area contributed by atoms with Crippen LogP contribution in [0.2, 0.25) is 0 Å². The maximum atomic E-state index is 6.14. The van der Waals surface area contributed by atoms with Crippen molar-refractivity contribution < 1.29 is 8.83 Å². The summed E-state index contributed by atoms with van der Waals surface area (Å²) in [5, 5.41) is 7.91. The second-order valence-corrected chi connectivity index (χ2v) is 15.0. The highest BCUT2D eigenvalue weighted by molar-refractivity contribution is 6.14. The van der Waals surface area contributed by atoms with Crippen LogP contribution in [-0.2, 0) is 0 Å². The molecule has 0 radical (unpaired) electrons. The van der Waals surface area contributed by atoms with Crippen LogP contribution in [0.15, 0.2) is 173 Å². The monoisotopic (exact) mass is 746 g/mol. The van der Waals surface area contributed by atoms with E-state index in [1.165, 1.54) is 21.7 Å². The van der Waals surface area contributed by atoms with Gasteiger partial charge in [0.15, 0.2) is 0 Å². The molecule has 0 aliphatic rings. The molecule has 0 amide bonds. The van der Waals surface area contributed by atoms with Crippen molar-refractivity contribution >= 4 is 82.7 Å². The van der Waals surface area contributed by atoms with Gasteiger partial charge in [0, 0.05) is 48.8 Å². The van der Waals surface area contributed by atoms with E-state index in [1.807, 2.05) is 24.3 Å². The number of aryl methyl sites for hydroxylation is 1. The fourth-order valence-corrected chi connectivity index (χ4v) is 8.96. The van der Waals surface area contributed by atoms with E-state index in [1.54, 1.807) is 0 Å². The summed E-state index contributed by atoms with van der Waals surface area (Å²) < 4.78 is 16.9. The second-order valence-electron chi connectivity index (χ2n) is 15.0. The van der Waals surface area contributed by atoms with E-state index in [4.69, 9.17) is 18.8 Å². The average Bonchev–Trinajstić information content (AvgIpc) is 4.00. The maximum Gasteiger partial charge on any atom is 0.138 e. The summed E-state index contributed by atoms with van der Waals surface area (Å²) in [6.45, 7) is 4.28. The third-order valence-corrected chi connectivity index (χ3v) is 11.7. The zero-order valence-corrected chi connectivity index (χ0v) is 31.8. The van der Waals surface area contributed by atoms with Gasteiger partial charge in [-0.1, -0.05) is 72.8 Å². The standard InChI is InChI=1S/C52H34N4O2/c1-3-12-43-31(2)37-29-38-34-13-4-7-18-44(34)56(52-22-11-17-42(54-52)33-24-26-50-40(28-33)36-15-6-9-20-48(36)58-50)46(38)30-45(37)55(43)51-21-10-16-41(53-51)32-23-25-49-39(27-32)35-14-5-8-19-47(35)57-49/h3-30H,1-2H3/b12-3-. The molecule has 0 fully saturated rings. The van der Waals surface area contributed by atoms with E-state index in [2.05, 4.69) is 169 Å². The van der Waals surface area contributed by atoms with Gasteiger partial charge < -0.3 is 8.83 Å². The number of pyridine rings is 2. The number of hydrogen-bond donors (Lipinski definition) is 0. The number of para-hydroxylation sites is 3. The lowest BCUT2D eigenvalue weighted by molar-refractivity contribution is 0.668. The molecular weight excluding hydrogens is 713 g/mol. The molecule has 12 aromatic rings. The molecule has 6 aromatic heterocycles. The molecule has 0 unspecified atom stereocenters. The molecule has 12 rings (SSSR count). The molecule has 6 nitrogen and oxygen atoms in total. The van der Waals surface area contributed by atoms with Gasteiger partial charge in [0.1, 0.15) is 34.0 Å². The molecule has 0 bridgehead atoms. The Morgan fingerprint density at radius 2 is 0.966 bits per heavy atom. The molecule has 6 heteroatoms. The molecule has 0 N–H and O–H groups in total. The predicted molar refractivity (Wildman–Crippen MR) is 238 cm³/mol. The van der Waals surface area contributed by atoms with E-state index in [0.717, 1.165) is 100 Å². The summed E-state index contributed by atoms with van der Waals surface area (Å²) >= 11 is 0. The summed E-state index contributed by atoms with van der Waals surface area (Å²) in [4.78, 5) is 10.7. The first kappa shape index (κ1) is 32.5. The first-order valence-corrected chi connectivity index (χ1v) is 19.6. The molecule has 6 heterocycles. The van der Waals surface area contributed by atoms with Crippen LogP contribution in [0.25, 0.3) is 117 Å². The highest BCUT2D eigenvalue weighted by Gasteiger charge is 2.21. The van der Waals surface area contributed by atoms with Crippen LogP contribution in [0.4, 0.5) is 0 Å². The fraction of sp³-hybridized carbons (Fsp3) is 0.0385. The largest absolute Gasteiger partial charge is 0.456 e. The number of aromatic nitrogens is 4. The van der Waals surface area contributed by atoms with Gasteiger partial charge in [-0.05, 0) is 116 Å². The Hall–Kier alpha value is -7.70. The van der Waals surface area contributed by atoms with Crippen LogP contribution in [0, 0.1) is 6.92 Å². The SMILES string of the molecule is C/C=C\c1c(C)c2cc3c4ccccc4n(-c4cccc(-c5ccc6oc7ccccc7c6c5)n4)c3cc2n1-c1cccc(-c2ccc3oc4ccccc4c3c2)n1. The fourth-order valence-electron chi connectivity index (χ4n) is 8.96. The number of furan rings is 2. The van der Waals surface area contributed by atoms with Gasteiger partial charge in [0.2, 0.25) is 0 Å². The van der Waals surface area contributed by atoms with Gasteiger partial charge in [0.25, 0.3) is 0 Å². The van der Waals surface area contributed by atoms with Gasteiger partial charge in [-0.15, -0.1) is 0 Å². The lowest BCUT2D eigenvalue weighted by Gasteiger charge is -2.12. The van der Waals surface area contributed by atoms with E-state index in [-0.39, 0.29) is 0 Å². The quantitative estimate of drug-likeness (QED) is 0.176. The van der Waals surface area contributed by atoms with Crippen molar-refractivity contribution in [2.24, 2.45) is 0 Å². The minimum atomic E-state index is 0.852. The molecule has 0 saturated carbocycles. The minimum Gasteiger partial charge on any atom is -0.456 e. The molecule has 0 aliphatic carbocycles. The molecular formula is C52H34N4O2. The number of rotatable bonds is 5. The molecule has 58 heavy (non-hydrogen) atoms. The van der Waals surface area contributed by atoms with Crippen molar-refractivity contribution in [1.82, 2.24) is 19.1 Å². The lowest BCUT2D eigenvalue weighted by atomic mass is 10.1. The van der Waals surface area contributed by atoms with Gasteiger partial charge in [-0.25, -0.2) is 9.97 Å². The zero-order chi connectivity index (χ0) is 38.5. The van der Waals surface area contributed by atoms with E-state index in [0.29, 0.717) is 0 Å². The van der Waals surface area contributed by atoms with Crippen molar-refractivity contribution in [2.45, 2.75) is 13.8 Å². The highest BCUT2D eigenvalue weighted by atomic mass is 16.3. The zero-order valence-electron chi connectivity index (χ0n) is 31.8. The Morgan fingerprint density at radius 3 is 1.59 bits per heavy atom. The third kappa shape index (κ3) is 4.78. The van der Waals surface area contributed by atoms with Crippen LogP contribution in [-0.4, -0.2) is 19.1 Å². The average molecular weight is 747 g/mol. The van der Waals surface area contributed by atoms with Crippen molar-refractivity contribution in [3.63, 3.8) is 0 Å². The smallest absolute Gasteiger partial charge is 0.138 e. The molecule has 274 valence electrons. The van der Waals surface area contributed by atoms with Gasteiger partial charge >= 0.3 is 0 Å². The van der Waals surface area contributed by atoms with Crippen molar-refractivity contribution in [3.05, 3.63) is 175 Å². The highest BCUT2D eigenvalue weighted by Crippen LogP contribution is 2.40. The van der Waals surface area contributed by atoms with Crippen molar-refractivity contribution in [2.75, 3.05) is 0 Å². The summed E-state index contributed by atoms with van der Waals surface area (Å²) in [5.74, 6) is 1.70. The first-order chi connectivity index (χ1) is 28.6. The van der Waals surface area contributed by atoms with E-state index >= 15 is 0 Å². The van der Waals surface area contributed by atoms with Gasteiger partial charge in [-0.3, -0.25) is 9.13 Å².